The minimum atomic E-state index is 0.606. The van der Waals surface area contributed by atoms with E-state index in [0.717, 1.165) is 50.1 Å². The molecule has 0 saturated heterocycles. The molecule has 11 aromatic rings. The van der Waals surface area contributed by atoms with Gasteiger partial charge in [-0.2, -0.15) is 0 Å². The van der Waals surface area contributed by atoms with Crippen molar-refractivity contribution in [2.75, 3.05) is 0 Å². The van der Waals surface area contributed by atoms with Gasteiger partial charge in [0.15, 0.2) is 17.5 Å². The van der Waals surface area contributed by atoms with Crippen LogP contribution >= 0.6 is 11.3 Å². The molecule has 0 radical (unpaired) electrons. The molecule has 4 aromatic heterocycles. The van der Waals surface area contributed by atoms with Gasteiger partial charge in [0.2, 0.25) is 0 Å². The fraction of sp³-hybridized carbons (Fsp3) is 0. The second-order valence-electron chi connectivity index (χ2n) is 13.9. The fourth-order valence-electron chi connectivity index (χ4n) is 7.95. The van der Waals surface area contributed by atoms with Crippen molar-refractivity contribution in [3.8, 4) is 62.1 Å². The number of fused-ring (bicyclic) bond motifs is 6. The summed E-state index contributed by atoms with van der Waals surface area (Å²) in [6.07, 6.45) is 3.82. The molecule has 0 unspecified atom stereocenters. The highest BCUT2D eigenvalue weighted by atomic mass is 32.1. The topological polar surface area (TPSA) is 56.5 Å². The van der Waals surface area contributed by atoms with Crippen molar-refractivity contribution in [1.29, 1.82) is 0 Å². The minimum Gasteiger partial charge on any atom is -0.308 e. The summed E-state index contributed by atoms with van der Waals surface area (Å²) in [5.41, 5.74) is 10.5. The van der Waals surface area contributed by atoms with Crippen LogP contribution in [0.25, 0.3) is 104 Å². The van der Waals surface area contributed by atoms with E-state index in [1.54, 1.807) is 11.3 Å². The molecule has 0 aliphatic rings. The smallest absolute Gasteiger partial charge is 0.166 e. The van der Waals surface area contributed by atoms with Crippen LogP contribution in [0.2, 0.25) is 0 Å². The lowest BCUT2D eigenvalue weighted by molar-refractivity contribution is 1.06. The van der Waals surface area contributed by atoms with Crippen molar-refractivity contribution < 1.29 is 0 Å². The number of para-hydroxylation sites is 2. The van der Waals surface area contributed by atoms with E-state index in [2.05, 4.69) is 167 Å². The van der Waals surface area contributed by atoms with Gasteiger partial charge in [-0.25, -0.2) is 15.0 Å². The average Bonchev–Trinajstić information content (AvgIpc) is 3.83. The number of nitrogens with zero attached hydrogens (tertiary/aromatic N) is 5. The fourth-order valence-corrected chi connectivity index (χ4v) is 9.15. The Kier molecular flexibility index (Phi) is 7.60. The number of aromatic nitrogens is 5. The minimum absolute atomic E-state index is 0.606. The zero-order valence-corrected chi connectivity index (χ0v) is 30.9. The molecular formula is C50H31N5S. The molecule has 6 heteroatoms. The highest BCUT2D eigenvalue weighted by Gasteiger charge is 2.21. The second kappa shape index (κ2) is 13.2. The second-order valence-corrected chi connectivity index (χ2v) is 14.9. The first-order valence-corrected chi connectivity index (χ1v) is 19.4. The van der Waals surface area contributed by atoms with Crippen molar-refractivity contribution in [3.63, 3.8) is 0 Å². The van der Waals surface area contributed by atoms with Crippen LogP contribution in [-0.2, 0) is 0 Å². The zero-order chi connectivity index (χ0) is 37.0. The highest BCUT2D eigenvalue weighted by Crippen LogP contribution is 2.41. The molecule has 5 nitrogen and oxygen atoms in total. The van der Waals surface area contributed by atoms with E-state index in [9.17, 15) is 0 Å². The van der Waals surface area contributed by atoms with Gasteiger partial charge in [0.1, 0.15) is 0 Å². The van der Waals surface area contributed by atoms with Gasteiger partial charge in [-0.1, -0.05) is 140 Å². The highest BCUT2D eigenvalue weighted by molar-refractivity contribution is 7.26. The van der Waals surface area contributed by atoms with Gasteiger partial charge >= 0.3 is 0 Å². The number of hydrogen-bond donors (Lipinski definition) is 0. The van der Waals surface area contributed by atoms with Crippen molar-refractivity contribution in [1.82, 2.24) is 24.5 Å². The predicted octanol–water partition coefficient (Wildman–Crippen LogP) is 13.1. The summed E-state index contributed by atoms with van der Waals surface area (Å²) in [6.45, 7) is 0. The first-order chi connectivity index (χ1) is 27.8. The van der Waals surface area contributed by atoms with Gasteiger partial charge in [0, 0.05) is 55.3 Å². The van der Waals surface area contributed by atoms with Gasteiger partial charge in [0.25, 0.3) is 0 Å². The first kappa shape index (κ1) is 32.2. The van der Waals surface area contributed by atoms with Gasteiger partial charge in [0.05, 0.1) is 21.4 Å². The maximum atomic E-state index is 5.32. The quantitative estimate of drug-likeness (QED) is 0.171. The molecule has 0 spiro atoms. The summed E-state index contributed by atoms with van der Waals surface area (Å²) in [5.74, 6) is 1.84. The lowest BCUT2D eigenvalue weighted by Crippen LogP contribution is -2.04. The Morgan fingerprint density at radius 3 is 1.77 bits per heavy atom. The van der Waals surface area contributed by atoms with E-state index in [-0.39, 0.29) is 0 Å². The predicted molar refractivity (Wildman–Crippen MR) is 232 cm³/mol. The van der Waals surface area contributed by atoms with E-state index < -0.39 is 0 Å². The number of hydrogen-bond acceptors (Lipinski definition) is 5. The van der Waals surface area contributed by atoms with Gasteiger partial charge in [-0.3, -0.25) is 4.98 Å². The van der Waals surface area contributed by atoms with E-state index >= 15 is 0 Å². The molecule has 0 bridgehead atoms. The van der Waals surface area contributed by atoms with E-state index in [4.69, 9.17) is 15.0 Å². The Balaban J connectivity index is 1.15. The Morgan fingerprint density at radius 1 is 0.393 bits per heavy atom. The first-order valence-electron chi connectivity index (χ1n) is 18.6. The molecule has 7 aromatic carbocycles. The van der Waals surface area contributed by atoms with Gasteiger partial charge in [-0.15, -0.1) is 11.3 Å². The third-order valence-corrected chi connectivity index (χ3v) is 11.8. The van der Waals surface area contributed by atoms with Crippen molar-refractivity contribution in [3.05, 3.63) is 188 Å². The standard InChI is InChI=1S/C50H31N5S/c1-3-13-32(14-4-1)34-25-26-42(45(30-34)55-43-23-9-7-19-38(43)39-20-8-10-24-44(39)55)50-53-48(33-15-5-2-6-16-33)52-49(54-50)36-18-11-17-35(29-36)37-21-12-22-41-40-27-28-51-31-46(40)56-47(37)41/h1-31H. The van der Waals surface area contributed by atoms with Gasteiger partial charge < -0.3 is 4.57 Å². The maximum absolute atomic E-state index is 5.32. The lowest BCUT2D eigenvalue weighted by atomic mass is 10.0. The Morgan fingerprint density at radius 2 is 1.00 bits per heavy atom. The molecule has 0 atom stereocenters. The van der Waals surface area contributed by atoms with Crippen LogP contribution < -0.4 is 0 Å². The molecule has 0 fully saturated rings. The van der Waals surface area contributed by atoms with E-state index in [1.807, 2.05) is 30.6 Å². The molecule has 11 rings (SSSR count). The van der Waals surface area contributed by atoms with Crippen molar-refractivity contribution in [2.24, 2.45) is 0 Å². The summed E-state index contributed by atoms with van der Waals surface area (Å²) in [7, 11) is 0. The third-order valence-electron chi connectivity index (χ3n) is 10.6. The summed E-state index contributed by atoms with van der Waals surface area (Å²) >= 11 is 1.78. The number of benzene rings is 7. The monoisotopic (exact) mass is 733 g/mol. The summed E-state index contributed by atoms with van der Waals surface area (Å²) in [4.78, 5) is 20.1. The number of rotatable bonds is 6. The van der Waals surface area contributed by atoms with Crippen LogP contribution in [0.4, 0.5) is 0 Å². The summed E-state index contributed by atoms with van der Waals surface area (Å²) < 4.78 is 4.78. The van der Waals surface area contributed by atoms with E-state index in [0.29, 0.717) is 17.5 Å². The molecule has 56 heavy (non-hydrogen) atoms. The zero-order valence-electron chi connectivity index (χ0n) is 30.0. The third kappa shape index (κ3) is 5.38. The van der Waals surface area contributed by atoms with Crippen LogP contribution in [0.15, 0.2) is 188 Å². The largest absolute Gasteiger partial charge is 0.308 e. The molecule has 0 aliphatic carbocycles. The number of pyridine rings is 1. The molecule has 4 heterocycles. The molecule has 0 N–H and O–H groups in total. The molecule has 262 valence electrons. The van der Waals surface area contributed by atoms with Crippen LogP contribution in [0.3, 0.4) is 0 Å². The maximum Gasteiger partial charge on any atom is 0.166 e. The van der Waals surface area contributed by atoms with Crippen LogP contribution in [0.5, 0.6) is 0 Å². The Hall–Kier alpha value is -7.28. The molecule has 0 amide bonds. The normalized spacial score (nSPS) is 11.6. The SMILES string of the molecule is c1ccc(-c2ccc(-c3nc(-c4ccccc4)nc(-c4cccc(-c5cccc6c5sc5cnccc56)c4)n3)c(-n3c4ccccc4c4ccccc43)c2)cc1. The molecular weight excluding hydrogens is 703 g/mol. The van der Waals surface area contributed by atoms with Crippen molar-refractivity contribution >= 4 is 53.3 Å². The van der Waals surface area contributed by atoms with Crippen LogP contribution in [-0.4, -0.2) is 24.5 Å². The number of thiophene rings is 1. The van der Waals surface area contributed by atoms with Crippen molar-refractivity contribution in [2.45, 2.75) is 0 Å². The Labute approximate surface area is 326 Å². The molecule has 0 saturated carbocycles. The Bertz CT molecular complexity index is 3200. The van der Waals surface area contributed by atoms with Crippen LogP contribution in [0.1, 0.15) is 0 Å². The summed E-state index contributed by atoms with van der Waals surface area (Å²) in [5, 5.41) is 4.86. The molecule has 0 aliphatic heterocycles. The average molecular weight is 734 g/mol. The van der Waals surface area contributed by atoms with Crippen LogP contribution in [0, 0.1) is 0 Å². The van der Waals surface area contributed by atoms with E-state index in [1.165, 1.54) is 36.5 Å². The van der Waals surface area contributed by atoms with Gasteiger partial charge in [-0.05, 0) is 58.7 Å². The summed E-state index contributed by atoms with van der Waals surface area (Å²) in [6, 6.07) is 61.8. The lowest BCUT2D eigenvalue weighted by Gasteiger charge is -2.16.